The van der Waals surface area contributed by atoms with Gasteiger partial charge in [0.25, 0.3) is 0 Å². The summed E-state index contributed by atoms with van der Waals surface area (Å²) in [6.45, 7) is 1.43. The third-order valence-electron chi connectivity index (χ3n) is 3.00. The van der Waals surface area contributed by atoms with E-state index in [4.69, 9.17) is 10.9 Å². The number of rotatable bonds is 5. The summed E-state index contributed by atoms with van der Waals surface area (Å²) >= 11 is 0. The molecule has 0 aliphatic carbocycles. The van der Waals surface area contributed by atoms with E-state index >= 15 is 0 Å². The predicted molar refractivity (Wildman–Crippen MR) is 75.1 cm³/mol. The molecule has 106 valence electrons. The second-order valence-electron chi connectivity index (χ2n) is 4.66. The fourth-order valence-corrected chi connectivity index (χ4v) is 1.96. The number of amidine groups is 1. The van der Waals surface area contributed by atoms with Crippen molar-refractivity contribution in [1.29, 1.82) is 0 Å². The summed E-state index contributed by atoms with van der Waals surface area (Å²) in [5.74, 6) is 1.02. The van der Waals surface area contributed by atoms with E-state index in [1.54, 1.807) is 17.1 Å². The molecule has 2 rings (SSSR count). The average Bonchev–Trinajstić information content (AvgIpc) is 2.83. The topological polar surface area (TPSA) is 92.6 Å². The van der Waals surface area contributed by atoms with E-state index in [2.05, 4.69) is 20.1 Å². The molecule has 0 radical (unpaired) electrons. The molecule has 0 spiro atoms. The molecule has 1 heterocycles. The minimum Gasteiger partial charge on any atom is -0.409 e. The van der Waals surface area contributed by atoms with Gasteiger partial charge in [0, 0.05) is 19.2 Å². The highest BCUT2D eigenvalue weighted by Crippen LogP contribution is 2.09. The van der Waals surface area contributed by atoms with Gasteiger partial charge in [0.2, 0.25) is 0 Å². The van der Waals surface area contributed by atoms with E-state index in [0.29, 0.717) is 12.1 Å². The van der Waals surface area contributed by atoms with Crippen LogP contribution in [0.4, 0.5) is 0 Å². The molecule has 7 heteroatoms. The normalized spacial score (nSPS) is 12.1. The van der Waals surface area contributed by atoms with Crippen LogP contribution in [0.15, 0.2) is 35.7 Å². The minimum atomic E-state index is 0.114. The molecule has 0 aliphatic rings. The number of benzene rings is 1. The molecule has 1 aromatic heterocycles. The molecule has 0 saturated heterocycles. The number of aromatic nitrogens is 3. The van der Waals surface area contributed by atoms with E-state index in [1.807, 2.05) is 32.3 Å². The summed E-state index contributed by atoms with van der Waals surface area (Å²) in [5, 5.41) is 15.8. The zero-order chi connectivity index (χ0) is 14.5. The molecular weight excluding hydrogens is 256 g/mol. The van der Waals surface area contributed by atoms with Gasteiger partial charge in [0.15, 0.2) is 5.84 Å². The highest BCUT2D eigenvalue weighted by molar-refractivity contribution is 5.97. The van der Waals surface area contributed by atoms with Crippen LogP contribution in [0, 0.1) is 0 Å². The molecule has 2 aromatic rings. The van der Waals surface area contributed by atoms with Gasteiger partial charge in [0.05, 0.1) is 6.54 Å². The van der Waals surface area contributed by atoms with Crippen molar-refractivity contribution in [2.75, 3.05) is 7.05 Å². The van der Waals surface area contributed by atoms with Crippen molar-refractivity contribution in [3.8, 4) is 0 Å². The zero-order valence-corrected chi connectivity index (χ0v) is 11.6. The monoisotopic (exact) mass is 274 g/mol. The summed E-state index contributed by atoms with van der Waals surface area (Å²) in [6.07, 6.45) is 1.54. The Balaban J connectivity index is 2.04. The standard InChI is InChI=1S/C13H18N6O/c1-18(8-12-15-9-16-19(12)2)7-10-4-3-5-11(6-10)13(14)17-20/h3-6,9,20H,7-8H2,1-2H3,(H2,14,17). The first-order chi connectivity index (χ1) is 9.60. The number of hydrogen-bond acceptors (Lipinski definition) is 5. The van der Waals surface area contributed by atoms with E-state index in [9.17, 15) is 0 Å². The Hall–Kier alpha value is -2.41. The van der Waals surface area contributed by atoms with Crippen LogP contribution in [0.2, 0.25) is 0 Å². The summed E-state index contributed by atoms with van der Waals surface area (Å²) in [4.78, 5) is 6.31. The highest BCUT2D eigenvalue weighted by Gasteiger charge is 2.07. The van der Waals surface area contributed by atoms with Gasteiger partial charge < -0.3 is 10.9 Å². The Morgan fingerprint density at radius 2 is 2.25 bits per heavy atom. The van der Waals surface area contributed by atoms with Crippen LogP contribution in [-0.2, 0) is 20.1 Å². The van der Waals surface area contributed by atoms with Crippen molar-refractivity contribution in [3.05, 3.63) is 47.5 Å². The van der Waals surface area contributed by atoms with Crippen molar-refractivity contribution in [1.82, 2.24) is 19.7 Å². The van der Waals surface area contributed by atoms with E-state index in [1.165, 1.54) is 0 Å². The maximum Gasteiger partial charge on any atom is 0.170 e. The lowest BCUT2D eigenvalue weighted by Crippen LogP contribution is -2.20. The van der Waals surface area contributed by atoms with Crippen molar-refractivity contribution in [3.63, 3.8) is 0 Å². The van der Waals surface area contributed by atoms with Gasteiger partial charge in [-0.1, -0.05) is 23.4 Å². The Morgan fingerprint density at radius 3 is 2.90 bits per heavy atom. The van der Waals surface area contributed by atoms with Gasteiger partial charge in [-0.2, -0.15) is 5.10 Å². The Kier molecular flexibility index (Phi) is 4.31. The van der Waals surface area contributed by atoms with Gasteiger partial charge in [-0.3, -0.25) is 9.58 Å². The second-order valence-corrected chi connectivity index (χ2v) is 4.66. The molecule has 7 nitrogen and oxygen atoms in total. The maximum absolute atomic E-state index is 8.70. The van der Waals surface area contributed by atoms with Gasteiger partial charge in [0.1, 0.15) is 12.2 Å². The van der Waals surface area contributed by atoms with Crippen molar-refractivity contribution < 1.29 is 5.21 Å². The van der Waals surface area contributed by atoms with Crippen LogP contribution in [0.25, 0.3) is 0 Å². The Bertz CT molecular complexity index is 606. The van der Waals surface area contributed by atoms with E-state index in [0.717, 1.165) is 17.9 Å². The lowest BCUT2D eigenvalue weighted by molar-refractivity contribution is 0.305. The summed E-state index contributed by atoms with van der Waals surface area (Å²) < 4.78 is 1.75. The lowest BCUT2D eigenvalue weighted by atomic mass is 10.1. The van der Waals surface area contributed by atoms with Crippen LogP contribution in [-0.4, -0.2) is 37.8 Å². The molecule has 0 unspecified atom stereocenters. The first-order valence-corrected chi connectivity index (χ1v) is 6.18. The smallest absolute Gasteiger partial charge is 0.170 e. The molecule has 0 bridgehead atoms. The fraction of sp³-hybridized carbons (Fsp3) is 0.308. The Morgan fingerprint density at radius 1 is 1.45 bits per heavy atom. The summed E-state index contributed by atoms with van der Waals surface area (Å²) in [6, 6.07) is 7.60. The Labute approximate surface area is 117 Å². The first kappa shape index (κ1) is 14.0. The summed E-state index contributed by atoms with van der Waals surface area (Å²) in [7, 11) is 3.88. The van der Waals surface area contributed by atoms with Crippen molar-refractivity contribution >= 4 is 5.84 Å². The highest BCUT2D eigenvalue weighted by atomic mass is 16.4. The average molecular weight is 274 g/mol. The third kappa shape index (κ3) is 3.33. The maximum atomic E-state index is 8.70. The predicted octanol–water partition coefficient (Wildman–Crippen LogP) is 0.542. The van der Waals surface area contributed by atoms with E-state index in [-0.39, 0.29) is 5.84 Å². The quantitative estimate of drug-likeness (QED) is 0.359. The first-order valence-electron chi connectivity index (χ1n) is 6.18. The van der Waals surface area contributed by atoms with Gasteiger partial charge >= 0.3 is 0 Å². The largest absolute Gasteiger partial charge is 0.409 e. The zero-order valence-electron chi connectivity index (χ0n) is 11.6. The molecule has 0 aliphatic heterocycles. The van der Waals surface area contributed by atoms with Gasteiger partial charge in [-0.15, -0.1) is 0 Å². The molecule has 1 aromatic carbocycles. The molecule has 20 heavy (non-hydrogen) atoms. The number of nitrogens with two attached hydrogens (primary N) is 1. The van der Waals surface area contributed by atoms with Gasteiger partial charge in [-0.25, -0.2) is 4.98 Å². The SMILES string of the molecule is CN(Cc1cccc(C(N)=NO)c1)Cc1ncnn1C. The van der Waals surface area contributed by atoms with Gasteiger partial charge in [-0.05, 0) is 18.7 Å². The lowest BCUT2D eigenvalue weighted by Gasteiger charge is -2.16. The van der Waals surface area contributed by atoms with Crippen LogP contribution >= 0.6 is 0 Å². The summed E-state index contributed by atoms with van der Waals surface area (Å²) in [5.41, 5.74) is 7.38. The number of hydrogen-bond donors (Lipinski definition) is 2. The number of oxime groups is 1. The molecule has 3 N–H and O–H groups in total. The van der Waals surface area contributed by atoms with Crippen LogP contribution < -0.4 is 5.73 Å². The molecule has 0 saturated carbocycles. The fourth-order valence-electron chi connectivity index (χ4n) is 1.96. The van der Waals surface area contributed by atoms with Crippen molar-refractivity contribution in [2.45, 2.75) is 13.1 Å². The van der Waals surface area contributed by atoms with Crippen molar-refractivity contribution in [2.24, 2.45) is 17.9 Å². The number of nitrogens with zero attached hydrogens (tertiary/aromatic N) is 5. The van der Waals surface area contributed by atoms with Crippen LogP contribution in [0.3, 0.4) is 0 Å². The molecule has 0 amide bonds. The third-order valence-corrected chi connectivity index (χ3v) is 3.00. The number of aryl methyl sites for hydroxylation is 1. The molecule has 0 atom stereocenters. The minimum absolute atomic E-state index is 0.114. The van der Waals surface area contributed by atoms with E-state index < -0.39 is 0 Å². The molecular formula is C13H18N6O. The molecule has 0 fully saturated rings. The van der Waals surface area contributed by atoms with Crippen LogP contribution in [0.5, 0.6) is 0 Å². The van der Waals surface area contributed by atoms with Crippen LogP contribution in [0.1, 0.15) is 17.0 Å². The second kappa shape index (κ2) is 6.16.